The predicted octanol–water partition coefficient (Wildman–Crippen LogP) is 2.78. The average molecular weight is 271 g/mol. The molecule has 20 heavy (non-hydrogen) atoms. The zero-order valence-corrected chi connectivity index (χ0v) is 11.5. The lowest BCUT2D eigenvalue weighted by atomic mass is 9.87. The van der Waals surface area contributed by atoms with Crippen LogP contribution in [0.5, 0.6) is 0 Å². The minimum atomic E-state index is -0.0871. The lowest BCUT2D eigenvalue weighted by molar-refractivity contribution is 0.111. The minimum absolute atomic E-state index is 0.0871. The standard InChI is InChI=1S/C16H21N3O/c17-12-3-6-14-15(7-8-18-16(14)9-12)19-10-11-1-4-13(20)5-2-11/h3,6-9,11,13,20H,1-2,4-5,10,17H2,(H,18,19). The van der Waals surface area contributed by atoms with E-state index in [-0.39, 0.29) is 6.10 Å². The summed E-state index contributed by atoms with van der Waals surface area (Å²) in [6.07, 6.45) is 5.79. The summed E-state index contributed by atoms with van der Waals surface area (Å²) >= 11 is 0. The number of benzene rings is 1. The Morgan fingerprint density at radius 3 is 2.80 bits per heavy atom. The Labute approximate surface area is 119 Å². The molecule has 1 heterocycles. The molecule has 1 aromatic carbocycles. The average Bonchev–Trinajstić information content (AvgIpc) is 2.46. The number of nitrogens with two attached hydrogens (primary N) is 1. The Morgan fingerprint density at radius 2 is 2.00 bits per heavy atom. The van der Waals surface area contributed by atoms with Gasteiger partial charge in [0.2, 0.25) is 0 Å². The van der Waals surface area contributed by atoms with Gasteiger partial charge in [-0.1, -0.05) is 0 Å². The van der Waals surface area contributed by atoms with Crippen LogP contribution in [-0.2, 0) is 0 Å². The summed E-state index contributed by atoms with van der Waals surface area (Å²) in [5.41, 5.74) is 8.57. The first-order valence-corrected chi connectivity index (χ1v) is 7.28. The molecular formula is C16H21N3O. The molecule has 2 aromatic rings. The van der Waals surface area contributed by atoms with Crippen LogP contribution in [0.15, 0.2) is 30.5 Å². The number of hydrogen-bond donors (Lipinski definition) is 3. The summed E-state index contributed by atoms with van der Waals surface area (Å²) in [5.74, 6) is 0.649. The molecule has 0 bridgehead atoms. The van der Waals surface area contributed by atoms with E-state index >= 15 is 0 Å². The molecule has 0 saturated heterocycles. The highest BCUT2D eigenvalue weighted by atomic mass is 16.3. The van der Waals surface area contributed by atoms with Gasteiger partial charge in [-0.15, -0.1) is 0 Å². The van der Waals surface area contributed by atoms with Crippen LogP contribution in [0, 0.1) is 5.92 Å². The molecule has 1 fully saturated rings. The lowest BCUT2D eigenvalue weighted by Gasteiger charge is -2.26. The van der Waals surface area contributed by atoms with E-state index in [1.807, 2.05) is 30.5 Å². The number of nitrogens with one attached hydrogen (secondary N) is 1. The quantitative estimate of drug-likeness (QED) is 0.751. The molecule has 1 aliphatic carbocycles. The van der Waals surface area contributed by atoms with Gasteiger partial charge in [0.05, 0.1) is 11.6 Å². The maximum atomic E-state index is 9.54. The topological polar surface area (TPSA) is 71.2 Å². The summed E-state index contributed by atoms with van der Waals surface area (Å²) in [7, 11) is 0. The fraction of sp³-hybridized carbons (Fsp3) is 0.438. The Balaban J connectivity index is 1.71. The molecule has 0 spiro atoms. The second-order valence-corrected chi connectivity index (χ2v) is 5.69. The van der Waals surface area contributed by atoms with Crippen LogP contribution in [0.1, 0.15) is 25.7 Å². The first-order chi connectivity index (χ1) is 9.72. The van der Waals surface area contributed by atoms with Crippen LogP contribution in [0.3, 0.4) is 0 Å². The van der Waals surface area contributed by atoms with Crippen LogP contribution in [-0.4, -0.2) is 22.7 Å². The van der Waals surface area contributed by atoms with E-state index in [2.05, 4.69) is 10.3 Å². The van der Waals surface area contributed by atoms with E-state index in [9.17, 15) is 5.11 Å². The van der Waals surface area contributed by atoms with E-state index in [1.54, 1.807) is 0 Å². The molecule has 1 aromatic heterocycles. The van der Waals surface area contributed by atoms with Crippen molar-refractivity contribution in [3.05, 3.63) is 30.5 Å². The number of pyridine rings is 1. The number of rotatable bonds is 3. The number of nitrogen functional groups attached to an aromatic ring is 1. The normalized spacial score (nSPS) is 22.9. The van der Waals surface area contributed by atoms with Crippen LogP contribution < -0.4 is 11.1 Å². The molecule has 3 rings (SSSR count). The highest BCUT2D eigenvalue weighted by Gasteiger charge is 2.19. The van der Waals surface area contributed by atoms with Crippen molar-refractivity contribution in [2.45, 2.75) is 31.8 Å². The fourth-order valence-corrected chi connectivity index (χ4v) is 2.92. The van der Waals surface area contributed by atoms with Crippen LogP contribution in [0.4, 0.5) is 11.4 Å². The lowest BCUT2D eigenvalue weighted by Crippen LogP contribution is -2.23. The number of aromatic nitrogens is 1. The monoisotopic (exact) mass is 271 g/mol. The maximum absolute atomic E-state index is 9.54. The smallest absolute Gasteiger partial charge is 0.0743 e. The summed E-state index contributed by atoms with van der Waals surface area (Å²) in [6, 6.07) is 7.84. The van der Waals surface area contributed by atoms with E-state index in [0.717, 1.165) is 54.5 Å². The van der Waals surface area contributed by atoms with Crippen molar-refractivity contribution in [3.8, 4) is 0 Å². The van der Waals surface area contributed by atoms with Crippen molar-refractivity contribution in [2.75, 3.05) is 17.6 Å². The fourth-order valence-electron chi connectivity index (χ4n) is 2.92. The van der Waals surface area contributed by atoms with Gasteiger partial charge in [-0.2, -0.15) is 0 Å². The van der Waals surface area contributed by atoms with Gasteiger partial charge in [0.25, 0.3) is 0 Å². The molecule has 0 atom stereocenters. The zero-order chi connectivity index (χ0) is 13.9. The van der Waals surface area contributed by atoms with Crippen molar-refractivity contribution >= 4 is 22.3 Å². The molecule has 1 saturated carbocycles. The Morgan fingerprint density at radius 1 is 1.20 bits per heavy atom. The summed E-state index contributed by atoms with van der Waals surface area (Å²) in [4.78, 5) is 4.35. The van der Waals surface area contributed by atoms with Crippen molar-refractivity contribution in [3.63, 3.8) is 0 Å². The zero-order valence-electron chi connectivity index (χ0n) is 11.5. The van der Waals surface area contributed by atoms with Crippen LogP contribution in [0.25, 0.3) is 10.9 Å². The van der Waals surface area contributed by atoms with Gasteiger partial charge in [0.15, 0.2) is 0 Å². The molecule has 4 N–H and O–H groups in total. The Bertz CT molecular complexity index is 591. The van der Waals surface area contributed by atoms with E-state index in [1.165, 1.54) is 0 Å². The summed E-state index contributed by atoms with van der Waals surface area (Å²) < 4.78 is 0. The van der Waals surface area contributed by atoms with Crippen molar-refractivity contribution in [1.82, 2.24) is 4.98 Å². The van der Waals surface area contributed by atoms with Crippen LogP contribution in [0.2, 0.25) is 0 Å². The molecular weight excluding hydrogens is 250 g/mol. The molecule has 0 amide bonds. The summed E-state index contributed by atoms with van der Waals surface area (Å²) in [6.45, 7) is 0.955. The highest BCUT2D eigenvalue weighted by Crippen LogP contribution is 2.27. The number of aliphatic hydroxyl groups excluding tert-OH is 1. The maximum Gasteiger partial charge on any atom is 0.0743 e. The third-order valence-corrected chi connectivity index (χ3v) is 4.16. The van der Waals surface area contributed by atoms with Gasteiger partial charge in [-0.05, 0) is 55.9 Å². The Hall–Kier alpha value is -1.81. The van der Waals surface area contributed by atoms with E-state index in [0.29, 0.717) is 5.92 Å². The van der Waals surface area contributed by atoms with E-state index in [4.69, 9.17) is 5.73 Å². The van der Waals surface area contributed by atoms with Gasteiger partial charge < -0.3 is 16.2 Å². The molecule has 1 aliphatic rings. The number of fused-ring (bicyclic) bond motifs is 1. The van der Waals surface area contributed by atoms with Gasteiger partial charge in [0, 0.05) is 29.5 Å². The van der Waals surface area contributed by atoms with Crippen molar-refractivity contribution in [1.29, 1.82) is 0 Å². The summed E-state index contributed by atoms with van der Waals surface area (Å²) in [5, 5.41) is 14.2. The van der Waals surface area contributed by atoms with E-state index < -0.39 is 0 Å². The largest absolute Gasteiger partial charge is 0.399 e. The molecule has 106 valence electrons. The second-order valence-electron chi connectivity index (χ2n) is 5.69. The van der Waals surface area contributed by atoms with Gasteiger partial charge >= 0.3 is 0 Å². The van der Waals surface area contributed by atoms with Crippen molar-refractivity contribution in [2.24, 2.45) is 5.92 Å². The molecule has 4 heteroatoms. The minimum Gasteiger partial charge on any atom is -0.399 e. The second kappa shape index (κ2) is 5.67. The molecule has 0 unspecified atom stereocenters. The number of aliphatic hydroxyl groups is 1. The first-order valence-electron chi connectivity index (χ1n) is 7.28. The Kier molecular flexibility index (Phi) is 3.74. The third kappa shape index (κ3) is 2.85. The number of hydrogen-bond acceptors (Lipinski definition) is 4. The predicted molar refractivity (Wildman–Crippen MR) is 82.6 cm³/mol. The van der Waals surface area contributed by atoms with Gasteiger partial charge in [-0.3, -0.25) is 4.98 Å². The SMILES string of the molecule is Nc1ccc2c(NCC3CCC(O)CC3)ccnc2c1. The van der Waals surface area contributed by atoms with Crippen molar-refractivity contribution < 1.29 is 5.11 Å². The number of anilines is 2. The molecule has 4 nitrogen and oxygen atoms in total. The van der Waals surface area contributed by atoms with Gasteiger partial charge in [-0.25, -0.2) is 0 Å². The molecule has 0 aliphatic heterocycles. The van der Waals surface area contributed by atoms with Gasteiger partial charge in [0.1, 0.15) is 0 Å². The highest BCUT2D eigenvalue weighted by molar-refractivity contribution is 5.92. The first kappa shape index (κ1) is 13.2. The number of nitrogens with zero attached hydrogens (tertiary/aromatic N) is 1. The molecule has 0 radical (unpaired) electrons. The van der Waals surface area contributed by atoms with Crippen LogP contribution >= 0.6 is 0 Å². The third-order valence-electron chi connectivity index (χ3n) is 4.16.